The van der Waals surface area contributed by atoms with Gasteiger partial charge in [-0.3, -0.25) is 0 Å². The van der Waals surface area contributed by atoms with Crippen molar-refractivity contribution < 1.29 is 0 Å². The quantitative estimate of drug-likeness (QED) is 0.823. The Bertz CT molecular complexity index is 342. The highest BCUT2D eigenvalue weighted by molar-refractivity contribution is 7.09. The first-order chi connectivity index (χ1) is 7.92. The van der Waals surface area contributed by atoms with Crippen LogP contribution in [0.4, 0.5) is 5.13 Å². The maximum Gasteiger partial charge on any atom is 0.202 e. The number of anilines is 1. The van der Waals surface area contributed by atoms with E-state index in [9.17, 15) is 0 Å². The molecule has 1 atom stereocenters. The summed E-state index contributed by atoms with van der Waals surface area (Å²) in [5, 5.41) is 7.88. The van der Waals surface area contributed by atoms with Crippen molar-refractivity contribution in [3.63, 3.8) is 0 Å². The van der Waals surface area contributed by atoms with Crippen molar-refractivity contribution in [1.82, 2.24) is 14.7 Å². The molecule has 2 aliphatic rings. The smallest absolute Gasteiger partial charge is 0.202 e. The summed E-state index contributed by atoms with van der Waals surface area (Å²) in [4.78, 5) is 4.51. The monoisotopic (exact) mass is 238 g/mol. The SMILES string of the molecule is C1CN[C@H](CCNc2nc(C3CC3)ns2)C1. The summed E-state index contributed by atoms with van der Waals surface area (Å²) < 4.78 is 4.38. The second-order valence-corrected chi connectivity index (χ2v) is 5.49. The topological polar surface area (TPSA) is 49.8 Å². The van der Waals surface area contributed by atoms with Crippen LogP contribution in [0.3, 0.4) is 0 Å². The molecule has 2 heterocycles. The summed E-state index contributed by atoms with van der Waals surface area (Å²) in [6.07, 6.45) is 6.41. The molecule has 0 radical (unpaired) electrons. The van der Waals surface area contributed by atoms with Gasteiger partial charge in [0.25, 0.3) is 0 Å². The van der Waals surface area contributed by atoms with Gasteiger partial charge in [-0.2, -0.15) is 4.37 Å². The summed E-state index contributed by atoms with van der Waals surface area (Å²) in [5.74, 6) is 1.73. The Labute approximate surface area is 100 Å². The van der Waals surface area contributed by atoms with E-state index in [-0.39, 0.29) is 0 Å². The maximum atomic E-state index is 4.51. The summed E-state index contributed by atoms with van der Waals surface area (Å²) in [5.41, 5.74) is 0. The van der Waals surface area contributed by atoms with Crippen LogP contribution in [0.2, 0.25) is 0 Å². The van der Waals surface area contributed by atoms with Crippen LogP contribution in [0.15, 0.2) is 0 Å². The van der Waals surface area contributed by atoms with Gasteiger partial charge in [0, 0.05) is 30.0 Å². The lowest BCUT2D eigenvalue weighted by Gasteiger charge is -2.09. The molecule has 0 spiro atoms. The Morgan fingerprint density at radius 1 is 1.38 bits per heavy atom. The minimum Gasteiger partial charge on any atom is -0.360 e. The number of hydrogen-bond acceptors (Lipinski definition) is 5. The second-order valence-electron chi connectivity index (χ2n) is 4.74. The average Bonchev–Trinajstić information content (AvgIpc) is 2.83. The van der Waals surface area contributed by atoms with Crippen LogP contribution in [0.5, 0.6) is 0 Å². The van der Waals surface area contributed by atoms with Crippen molar-refractivity contribution >= 4 is 16.7 Å². The fourth-order valence-corrected chi connectivity index (χ4v) is 2.84. The molecule has 1 saturated heterocycles. The molecule has 1 aliphatic heterocycles. The van der Waals surface area contributed by atoms with E-state index in [0.717, 1.165) is 17.5 Å². The van der Waals surface area contributed by atoms with E-state index >= 15 is 0 Å². The Kier molecular flexibility index (Phi) is 3.06. The predicted molar refractivity (Wildman–Crippen MR) is 66.0 cm³/mol. The molecule has 0 unspecified atom stereocenters. The Balaban J connectivity index is 1.42. The van der Waals surface area contributed by atoms with Gasteiger partial charge >= 0.3 is 0 Å². The molecule has 1 aromatic rings. The molecular weight excluding hydrogens is 220 g/mol. The molecule has 5 heteroatoms. The third kappa shape index (κ3) is 2.52. The maximum absolute atomic E-state index is 4.51. The van der Waals surface area contributed by atoms with Crippen LogP contribution in [0.25, 0.3) is 0 Å². The minimum absolute atomic E-state index is 0.670. The molecule has 1 aromatic heterocycles. The zero-order valence-corrected chi connectivity index (χ0v) is 10.2. The average molecular weight is 238 g/mol. The van der Waals surface area contributed by atoms with E-state index in [4.69, 9.17) is 0 Å². The fraction of sp³-hybridized carbons (Fsp3) is 0.818. The highest BCUT2D eigenvalue weighted by Crippen LogP contribution is 2.39. The highest BCUT2D eigenvalue weighted by atomic mass is 32.1. The van der Waals surface area contributed by atoms with E-state index in [1.165, 1.54) is 50.2 Å². The van der Waals surface area contributed by atoms with Crippen LogP contribution in [-0.2, 0) is 0 Å². The van der Waals surface area contributed by atoms with Gasteiger partial charge in [0.05, 0.1) is 0 Å². The number of nitrogens with zero attached hydrogens (tertiary/aromatic N) is 2. The Morgan fingerprint density at radius 2 is 2.31 bits per heavy atom. The summed E-state index contributed by atoms with van der Waals surface area (Å²) >= 11 is 1.51. The summed E-state index contributed by atoms with van der Waals surface area (Å²) in [6.45, 7) is 2.20. The van der Waals surface area contributed by atoms with Crippen molar-refractivity contribution in [3.05, 3.63) is 5.82 Å². The Hall–Kier alpha value is -0.680. The van der Waals surface area contributed by atoms with Gasteiger partial charge in [-0.1, -0.05) is 0 Å². The number of hydrogen-bond donors (Lipinski definition) is 2. The zero-order valence-electron chi connectivity index (χ0n) is 9.41. The van der Waals surface area contributed by atoms with Gasteiger partial charge in [-0.15, -0.1) is 0 Å². The molecule has 1 saturated carbocycles. The van der Waals surface area contributed by atoms with Crippen LogP contribution in [-0.4, -0.2) is 28.5 Å². The second kappa shape index (κ2) is 4.67. The first-order valence-corrected chi connectivity index (χ1v) is 7.00. The lowest BCUT2D eigenvalue weighted by molar-refractivity contribution is 0.574. The normalized spacial score (nSPS) is 24.9. The largest absolute Gasteiger partial charge is 0.360 e. The van der Waals surface area contributed by atoms with Crippen molar-refractivity contribution in [2.24, 2.45) is 0 Å². The zero-order chi connectivity index (χ0) is 10.8. The first-order valence-electron chi connectivity index (χ1n) is 6.22. The van der Waals surface area contributed by atoms with E-state index in [1.807, 2.05) is 0 Å². The third-order valence-corrected chi connectivity index (χ3v) is 4.00. The highest BCUT2D eigenvalue weighted by Gasteiger charge is 2.27. The van der Waals surface area contributed by atoms with Crippen molar-refractivity contribution in [3.8, 4) is 0 Å². The van der Waals surface area contributed by atoms with Crippen LogP contribution in [0, 0.1) is 0 Å². The molecule has 3 rings (SSSR count). The first kappa shape index (κ1) is 10.5. The van der Waals surface area contributed by atoms with E-state index < -0.39 is 0 Å². The van der Waals surface area contributed by atoms with Gasteiger partial charge in [-0.25, -0.2) is 4.98 Å². The van der Waals surface area contributed by atoms with E-state index in [2.05, 4.69) is 20.0 Å². The summed E-state index contributed by atoms with van der Waals surface area (Å²) in [7, 11) is 0. The fourth-order valence-electron chi connectivity index (χ4n) is 2.17. The van der Waals surface area contributed by atoms with Gasteiger partial charge in [0.2, 0.25) is 5.13 Å². The van der Waals surface area contributed by atoms with Gasteiger partial charge in [-0.05, 0) is 38.6 Å². The van der Waals surface area contributed by atoms with Crippen molar-refractivity contribution in [2.45, 2.75) is 44.1 Å². The van der Waals surface area contributed by atoms with E-state index in [0.29, 0.717) is 12.0 Å². The molecular formula is C11H18N4S. The van der Waals surface area contributed by atoms with Gasteiger partial charge in [0.1, 0.15) is 5.82 Å². The molecule has 16 heavy (non-hydrogen) atoms. The Morgan fingerprint density at radius 3 is 3.06 bits per heavy atom. The molecule has 0 amide bonds. The number of aromatic nitrogens is 2. The number of nitrogens with one attached hydrogen (secondary N) is 2. The van der Waals surface area contributed by atoms with Gasteiger partial charge < -0.3 is 10.6 Å². The minimum atomic E-state index is 0.670. The molecule has 0 aromatic carbocycles. The van der Waals surface area contributed by atoms with Crippen molar-refractivity contribution in [2.75, 3.05) is 18.4 Å². The standard InChI is InChI=1S/C11H18N4S/c1-2-9(12-6-1)5-7-13-11-14-10(15-16-11)8-3-4-8/h8-9,12H,1-7H2,(H,13,14,15)/t9-/m0/s1. The lowest BCUT2D eigenvalue weighted by atomic mass is 10.2. The molecule has 4 nitrogen and oxygen atoms in total. The van der Waals surface area contributed by atoms with Gasteiger partial charge in [0.15, 0.2) is 0 Å². The molecule has 0 bridgehead atoms. The van der Waals surface area contributed by atoms with Crippen molar-refractivity contribution in [1.29, 1.82) is 0 Å². The molecule has 1 aliphatic carbocycles. The summed E-state index contributed by atoms with van der Waals surface area (Å²) in [6, 6.07) is 0.711. The predicted octanol–water partition coefficient (Wildman–Crippen LogP) is 1.97. The lowest BCUT2D eigenvalue weighted by Crippen LogP contribution is -2.24. The van der Waals surface area contributed by atoms with Crippen LogP contribution < -0.4 is 10.6 Å². The molecule has 2 N–H and O–H groups in total. The van der Waals surface area contributed by atoms with E-state index in [1.54, 1.807) is 0 Å². The van der Waals surface area contributed by atoms with Crippen LogP contribution in [0.1, 0.15) is 43.8 Å². The van der Waals surface area contributed by atoms with Crippen LogP contribution >= 0.6 is 11.5 Å². The molecule has 88 valence electrons. The third-order valence-electron chi connectivity index (χ3n) is 3.32. The number of rotatable bonds is 5. The molecule has 2 fully saturated rings.